The summed E-state index contributed by atoms with van der Waals surface area (Å²) < 4.78 is 0. The van der Waals surface area contributed by atoms with Gasteiger partial charge in [-0.25, -0.2) is 0 Å². The normalized spacial score (nSPS) is 12.6. The van der Waals surface area contributed by atoms with Crippen LogP contribution >= 0.6 is 0 Å². The molecule has 1 atom stereocenters. The van der Waals surface area contributed by atoms with Gasteiger partial charge in [-0.05, 0) is 37.5 Å². The highest BCUT2D eigenvalue weighted by Crippen LogP contribution is 2.30. The number of aliphatic carboxylic acids is 1. The van der Waals surface area contributed by atoms with Crippen LogP contribution in [0.5, 0.6) is 0 Å². The molecule has 0 heterocycles. The molecule has 0 aromatic carbocycles. The zero-order valence-corrected chi connectivity index (χ0v) is 15.8. The fourth-order valence-electron chi connectivity index (χ4n) is 2.81. The molecule has 0 aromatic rings. The number of hydrogen-bond acceptors (Lipinski definition) is 4. The third-order valence-electron chi connectivity index (χ3n) is 4.69. The predicted octanol–water partition coefficient (Wildman–Crippen LogP) is 4.16. The van der Waals surface area contributed by atoms with Gasteiger partial charge in [0.05, 0.1) is 6.10 Å². The maximum absolute atomic E-state index is 10.4. The number of carboxylic acid groups (broad SMARTS) is 1. The largest absolute Gasteiger partial charge is 0.481 e. The van der Waals surface area contributed by atoms with E-state index in [2.05, 4.69) is 27.0 Å². The Hall–Kier alpha value is -1.28. The van der Waals surface area contributed by atoms with Gasteiger partial charge in [0.2, 0.25) is 0 Å². The minimum absolute atomic E-state index is 0.0579. The van der Waals surface area contributed by atoms with Crippen molar-refractivity contribution in [3.63, 3.8) is 0 Å². The van der Waals surface area contributed by atoms with Crippen LogP contribution < -0.4 is 0 Å². The molecule has 2 N–H and O–H groups in total. The van der Waals surface area contributed by atoms with Gasteiger partial charge in [0, 0.05) is 19.5 Å². The molecular formula is C19H36N2O3. The van der Waals surface area contributed by atoms with Gasteiger partial charge in [-0.3, -0.25) is 4.79 Å². The van der Waals surface area contributed by atoms with Gasteiger partial charge in [0.15, 0.2) is 6.19 Å². The summed E-state index contributed by atoms with van der Waals surface area (Å²) in [6, 6.07) is 0. The fraction of sp³-hybridized carbons (Fsp3) is 0.895. The number of aliphatic hydroxyl groups is 1. The quantitative estimate of drug-likeness (QED) is 0.266. The molecule has 0 amide bonds. The first-order valence-electron chi connectivity index (χ1n) is 9.38. The lowest BCUT2D eigenvalue weighted by Gasteiger charge is -2.31. The van der Waals surface area contributed by atoms with Crippen LogP contribution in [-0.2, 0) is 4.79 Å². The number of carboxylic acids is 1. The molecule has 0 saturated heterocycles. The molecule has 24 heavy (non-hydrogen) atoms. The summed E-state index contributed by atoms with van der Waals surface area (Å²) in [4.78, 5) is 12.2. The lowest BCUT2D eigenvalue weighted by Crippen LogP contribution is -2.30. The van der Waals surface area contributed by atoms with Crippen molar-refractivity contribution in [2.75, 3.05) is 13.1 Å². The number of hydrogen-bond donors (Lipinski definition) is 2. The highest BCUT2D eigenvalue weighted by Gasteiger charge is 2.26. The van der Waals surface area contributed by atoms with Gasteiger partial charge in [-0.15, -0.1) is 0 Å². The van der Waals surface area contributed by atoms with Gasteiger partial charge in [-0.2, -0.15) is 5.26 Å². The molecule has 0 aliphatic rings. The average molecular weight is 341 g/mol. The zero-order chi connectivity index (χ0) is 18.4. The van der Waals surface area contributed by atoms with Gasteiger partial charge in [0.1, 0.15) is 0 Å². The van der Waals surface area contributed by atoms with Crippen LogP contribution in [0.2, 0.25) is 0 Å². The molecule has 5 nitrogen and oxygen atoms in total. The lowest BCUT2D eigenvalue weighted by atomic mass is 9.80. The average Bonchev–Trinajstić information content (AvgIpc) is 2.53. The second-order valence-electron chi connectivity index (χ2n) is 7.40. The standard InChI is InChI=1S/C19H36N2O3/c1-4-5-13-19(2,3)17(22)11-10-15-21(16-20)14-9-7-6-8-12-18(23)24/h17,22H,4-15H2,1-3H3,(H,23,24). The van der Waals surface area contributed by atoms with Gasteiger partial charge >= 0.3 is 5.97 Å². The zero-order valence-electron chi connectivity index (χ0n) is 15.8. The molecule has 0 radical (unpaired) electrons. The first-order valence-corrected chi connectivity index (χ1v) is 9.38. The second kappa shape index (κ2) is 13.1. The molecule has 0 saturated carbocycles. The van der Waals surface area contributed by atoms with Crippen molar-refractivity contribution in [2.45, 2.75) is 91.1 Å². The number of nitriles is 1. The Kier molecular flexibility index (Phi) is 12.4. The number of carbonyl (C=O) groups is 1. The highest BCUT2D eigenvalue weighted by atomic mass is 16.4. The van der Waals surface area contributed by atoms with Crippen LogP contribution in [0.3, 0.4) is 0 Å². The molecule has 0 aliphatic carbocycles. The van der Waals surface area contributed by atoms with Gasteiger partial charge in [-0.1, -0.05) is 46.5 Å². The molecule has 0 fully saturated rings. The topological polar surface area (TPSA) is 84.6 Å². The molecule has 140 valence electrons. The summed E-state index contributed by atoms with van der Waals surface area (Å²) in [6.07, 6.45) is 10.5. The van der Waals surface area contributed by atoms with E-state index in [1.807, 2.05) is 0 Å². The first-order chi connectivity index (χ1) is 11.3. The van der Waals surface area contributed by atoms with E-state index in [0.29, 0.717) is 13.0 Å². The third kappa shape index (κ3) is 11.3. The number of aliphatic hydroxyl groups excluding tert-OH is 1. The molecule has 5 heteroatoms. The van der Waals surface area contributed by atoms with E-state index in [9.17, 15) is 15.2 Å². The second-order valence-corrected chi connectivity index (χ2v) is 7.40. The van der Waals surface area contributed by atoms with Crippen molar-refractivity contribution < 1.29 is 15.0 Å². The van der Waals surface area contributed by atoms with Gasteiger partial charge in [0.25, 0.3) is 0 Å². The Bertz CT molecular complexity index is 377. The molecular weight excluding hydrogens is 304 g/mol. The van der Waals surface area contributed by atoms with E-state index in [0.717, 1.165) is 57.9 Å². The molecule has 1 unspecified atom stereocenters. The molecule has 0 rings (SSSR count). The number of rotatable bonds is 15. The summed E-state index contributed by atoms with van der Waals surface area (Å²) >= 11 is 0. The maximum Gasteiger partial charge on any atom is 0.303 e. The van der Waals surface area contributed by atoms with Crippen LogP contribution in [0.1, 0.15) is 85.0 Å². The number of unbranched alkanes of at least 4 members (excludes halogenated alkanes) is 4. The Morgan fingerprint density at radius 3 is 2.33 bits per heavy atom. The van der Waals surface area contributed by atoms with E-state index >= 15 is 0 Å². The van der Waals surface area contributed by atoms with Crippen molar-refractivity contribution in [3.05, 3.63) is 0 Å². The van der Waals surface area contributed by atoms with Gasteiger partial charge < -0.3 is 15.1 Å². The van der Waals surface area contributed by atoms with E-state index in [-0.39, 0.29) is 17.9 Å². The van der Waals surface area contributed by atoms with E-state index in [4.69, 9.17) is 5.11 Å². The minimum Gasteiger partial charge on any atom is -0.481 e. The summed E-state index contributed by atoms with van der Waals surface area (Å²) in [7, 11) is 0. The Balaban J connectivity index is 3.85. The Morgan fingerprint density at radius 2 is 1.75 bits per heavy atom. The smallest absolute Gasteiger partial charge is 0.303 e. The van der Waals surface area contributed by atoms with Crippen LogP contribution in [-0.4, -0.2) is 40.3 Å². The molecule has 0 bridgehead atoms. The maximum atomic E-state index is 10.4. The SMILES string of the molecule is CCCCC(C)(C)C(O)CCCN(C#N)CCCCCCC(=O)O. The van der Waals surface area contributed by atoms with Crippen molar-refractivity contribution in [1.82, 2.24) is 4.90 Å². The summed E-state index contributed by atoms with van der Waals surface area (Å²) in [5, 5.41) is 28.1. The lowest BCUT2D eigenvalue weighted by molar-refractivity contribution is -0.137. The summed E-state index contributed by atoms with van der Waals surface area (Å²) in [6.45, 7) is 7.80. The molecule has 0 aliphatic heterocycles. The number of nitrogens with zero attached hydrogens (tertiary/aromatic N) is 2. The van der Waals surface area contributed by atoms with Crippen molar-refractivity contribution in [1.29, 1.82) is 5.26 Å². The Morgan fingerprint density at radius 1 is 1.12 bits per heavy atom. The fourth-order valence-corrected chi connectivity index (χ4v) is 2.81. The van der Waals surface area contributed by atoms with E-state index < -0.39 is 5.97 Å². The third-order valence-corrected chi connectivity index (χ3v) is 4.69. The van der Waals surface area contributed by atoms with Crippen molar-refractivity contribution >= 4 is 5.97 Å². The van der Waals surface area contributed by atoms with E-state index in [1.54, 1.807) is 4.90 Å². The molecule has 0 spiro atoms. The highest BCUT2D eigenvalue weighted by molar-refractivity contribution is 5.66. The summed E-state index contributed by atoms with van der Waals surface area (Å²) in [5.74, 6) is -0.742. The minimum atomic E-state index is -0.742. The van der Waals surface area contributed by atoms with E-state index in [1.165, 1.54) is 0 Å². The monoisotopic (exact) mass is 340 g/mol. The molecule has 0 aromatic heterocycles. The van der Waals surface area contributed by atoms with Crippen LogP contribution in [0.4, 0.5) is 0 Å². The summed E-state index contributed by atoms with van der Waals surface area (Å²) in [5.41, 5.74) is -0.0579. The predicted molar refractivity (Wildman–Crippen MR) is 96.5 cm³/mol. The first kappa shape index (κ1) is 22.7. The van der Waals surface area contributed by atoms with Crippen molar-refractivity contribution in [3.8, 4) is 6.19 Å². The Labute approximate surface area is 147 Å². The van der Waals surface area contributed by atoms with Crippen LogP contribution in [0, 0.1) is 16.9 Å². The van der Waals surface area contributed by atoms with Crippen molar-refractivity contribution in [2.24, 2.45) is 5.41 Å². The van der Waals surface area contributed by atoms with Crippen LogP contribution in [0.25, 0.3) is 0 Å². The van der Waals surface area contributed by atoms with Crippen LogP contribution in [0.15, 0.2) is 0 Å².